The van der Waals surface area contributed by atoms with Crippen LogP contribution in [0, 0.1) is 5.92 Å². The standard InChI is InChI=1S/C15H26N4O3/c1-10(2)14-18-13(22-19-14)7-8-16-15(21)17-12-6-4-3-5-11(12)9-20/h10-12,20H,3-9H2,1-2H3,(H2,16,17,21). The van der Waals surface area contributed by atoms with E-state index in [0.29, 0.717) is 24.7 Å². The fraction of sp³-hybridized carbons (Fsp3) is 0.800. The van der Waals surface area contributed by atoms with Crippen molar-refractivity contribution in [1.82, 2.24) is 20.8 Å². The first-order valence-electron chi connectivity index (χ1n) is 8.08. The Morgan fingerprint density at radius 3 is 2.86 bits per heavy atom. The van der Waals surface area contributed by atoms with Crippen LogP contribution in [0.1, 0.15) is 57.2 Å². The van der Waals surface area contributed by atoms with Gasteiger partial charge in [0.2, 0.25) is 5.89 Å². The Bertz CT molecular complexity index is 475. The average Bonchev–Trinajstić information content (AvgIpc) is 2.97. The maximum atomic E-state index is 11.9. The Kier molecular flexibility index (Phi) is 6.18. The molecule has 2 unspecified atom stereocenters. The zero-order valence-electron chi connectivity index (χ0n) is 13.3. The minimum absolute atomic E-state index is 0.0645. The second kappa shape index (κ2) is 8.12. The number of hydrogen-bond acceptors (Lipinski definition) is 5. The minimum atomic E-state index is -0.200. The highest BCUT2D eigenvalue weighted by atomic mass is 16.5. The fourth-order valence-corrected chi connectivity index (χ4v) is 2.72. The lowest BCUT2D eigenvalue weighted by molar-refractivity contribution is 0.153. The Balaban J connectivity index is 1.70. The number of aliphatic hydroxyl groups excluding tert-OH is 1. The maximum absolute atomic E-state index is 11.9. The van der Waals surface area contributed by atoms with E-state index in [4.69, 9.17) is 4.52 Å². The van der Waals surface area contributed by atoms with Crippen LogP contribution in [0.3, 0.4) is 0 Å². The second-order valence-electron chi connectivity index (χ2n) is 6.18. The van der Waals surface area contributed by atoms with E-state index in [9.17, 15) is 9.90 Å². The van der Waals surface area contributed by atoms with Gasteiger partial charge in [0.25, 0.3) is 0 Å². The molecule has 2 amide bonds. The van der Waals surface area contributed by atoms with Crippen LogP contribution in [0.4, 0.5) is 4.79 Å². The molecule has 0 aliphatic heterocycles. The number of hydrogen-bond donors (Lipinski definition) is 3. The van der Waals surface area contributed by atoms with Crippen LogP contribution < -0.4 is 10.6 Å². The average molecular weight is 310 g/mol. The van der Waals surface area contributed by atoms with Crippen LogP contribution in [-0.2, 0) is 6.42 Å². The molecule has 1 aromatic heterocycles. The molecule has 2 atom stereocenters. The molecule has 1 aliphatic rings. The van der Waals surface area contributed by atoms with Crippen LogP contribution in [0.15, 0.2) is 4.52 Å². The van der Waals surface area contributed by atoms with Crippen molar-refractivity contribution < 1.29 is 14.4 Å². The summed E-state index contributed by atoms with van der Waals surface area (Å²) in [6, 6.07) is -0.136. The first-order valence-corrected chi connectivity index (χ1v) is 8.08. The van der Waals surface area contributed by atoms with Crippen molar-refractivity contribution in [2.24, 2.45) is 5.92 Å². The van der Waals surface area contributed by atoms with Gasteiger partial charge in [-0.25, -0.2) is 4.79 Å². The summed E-state index contributed by atoms with van der Waals surface area (Å²) in [6.45, 7) is 4.58. The van der Waals surface area contributed by atoms with Crippen LogP contribution >= 0.6 is 0 Å². The molecule has 124 valence electrons. The number of amides is 2. The molecule has 0 saturated heterocycles. The van der Waals surface area contributed by atoms with E-state index in [-0.39, 0.29) is 30.5 Å². The lowest BCUT2D eigenvalue weighted by atomic mass is 9.85. The van der Waals surface area contributed by atoms with Crippen LogP contribution in [0.2, 0.25) is 0 Å². The molecule has 22 heavy (non-hydrogen) atoms. The van der Waals surface area contributed by atoms with E-state index in [1.807, 2.05) is 13.8 Å². The van der Waals surface area contributed by atoms with Crippen LogP contribution in [0.5, 0.6) is 0 Å². The largest absolute Gasteiger partial charge is 0.396 e. The van der Waals surface area contributed by atoms with Crippen molar-refractivity contribution in [3.8, 4) is 0 Å². The minimum Gasteiger partial charge on any atom is -0.396 e. The molecule has 0 radical (unpaired) electrons. The van der Waals surface area contributed by atoms with Crippen molar-refractivity contribution in [1.29, 1.82) is 0 Å². The van der Waals surface area contributed by atoms with Gasteiger partial charge in [0.15, 0.2) is 5.82 Å². The van der Waals surface area contributed by atoms with Crippen molar-refractivity contribution in [3.05, 3.63) is 11.7 Å². The van der Waals surface area contributed by atoms with Gasteiger partial charge in [0, 0.05) is 37.5 Å². The molecule has 1 aliphatic carbocycles. The predicted octanol–water partition coefficient (Wildman–Crippen LogP) is 1.59. The highest BCUT2D eigenvalue weighted by Gasteiger charge is 2.25. The van der Waals surface area contributed by atoms with Gasteiger partial charge in [0.1, 0.15) is 0 Å². The number of rotatable bonds is 6. The third-order valence-corrected chi connectivity index (χ3v) is 4.08. The Morgan fingerprint density at radius 1 is 1.41 bits per heavy atom. The molecule has 7 nitrogen and oxygen atoms in total. The van der Waals surface area contributed by atoms with E-state index in [0.717, 1.165) is 25.7 Å². The molecular formula is C15H26N4O3. The predicted molar refractivity (Wildman–Crippen MR) is 81.5 cm³/mol. The molecule has 1 heterocycles. The maximum Gasteiger partial charge on any atom is 0.315 e. The number of nitrogens with zero attached hydrogens (tertiary/aromatic N) is 2. The first kappa shape index (κ1) is 16.7. The second-order valence-corrected chi connectivity index (χ2v) is 6.18. The number of carbonyl (C=O) groups is 1. The molecule has 1 aromatic rings. The van der Waals surface area contributed by atoms with E-state index < -0.39 is 0 Å². The smallest absolute Gasteiger partial charge is 0.315 e. The molecule has 0 aromatic carbocycles. The quantitative estimate of drug-likeness (QED) is 0.741. The van der Waals surface area contributed by atoms with Crippen molar-refractivity contribution >= 4 is 6.03 Å². The van der Waals surface area contributed by atoms with Gasteiger partial charge >= 0.3 is 6.03 Å². The summed E-state index contributed by atoms with van der Waals surface area (Å²) >= 11 is 0. The summed E-state index contributed by atoms with van der Waals surface area (Å²) in [5.74, 6) is 1.63. The van der Waals surface area contributed by atoms with Gasteiger partial charge in [-0.3, -0.25) is 0 Å². The van der Waals surface area contributed by atoms with E-state index in [1.54, 1.807) is 0 Å². The van der Waals surface area contributed by atoms with E-state index in [2.05, 4.69) is 20.8 Å². The SMILES string of the molecule is CC(C)c1noc(CCNC(=O)NC2CCCCC2CO)n1. The highest BCUT2D eigenvalue weighted by molar-refractivity contribution is 5.74. The van der Waals surface area contributed by atoms with E-state index >= 15 is 0 Å². The van der Waals surface area contributed by atoms with Crippen LogP contribution in [-0.4, -0.2) is 40.5 Å². The molecule has 1 fully saturated rings. The summed E-state index contributed by atoms with van der Waals surface area (Å²) < 4.78 is 5.13. The zero-order valence-corrected chi connectivity index (χ0v) is 13.3. The Labute approximate surface area is 130 Å². The Hall–Kier alpha value is -1.63. The van der Waals surface area contributed by atoms with Crippen molar-refractivity contribution in [3.63, 3.8) is 0 Å². The number of aliphatic hydroxyl groups is 1. The zero-order chi connectivity index (χ0) is 15.9. The van der Waals surface area contributed by atoms with Gasteiger partial charge in [0.05, 0.1) is 0 Å². The molecule has 7 heteroatoms. The van der Waals surface area contributed by atoms with Crippen LogP contribution in [0.25, 0.3) is 0 Å². The van der Waals surface area contributed by atoms with Gasteiger partial charge in [-0.05, 0) is 12.8 Å². The van der Waals surface area contributed by atoms with E-state index in [1.165, 1.54) is 0 Å². The summed E-state index contributed by atoms with van der Waals surface area (Å²) in [7, 11) is 0. The summed E-state index contributed by atoms with van der Waals surface area (Å²) in [5, 5.41) is 19.0. The fourth-order valence-electron chi connectivity index (χ4n) is 2.72. The number of urea groups is 1. The van der Waals surface area contributed by atoms with Gasteiger partial charge in [-0.2, -0.15) is 4.98 Å². The normalized spacial score (nSPS) is 21.8. The lowest BCUT2D eigenvalue weighted by Crippen LogP contribution is -2.48. The highest BCUT2D eigenvalue weighted by Crippen LogP contribution is 2.23. The monoisotopic (exact) mass is 310 g/mol. The molecule has 3 N–H and O–H groups in total. The molecule has 1 saturated carbocycles. The number of aromatic nitrogens is 2. The third kappa shape index (κ3) is 4.69. The number of nitrogens with one attached hydrogen (secondary N) is 2. The lowest BCUT2D eigenvalue weighted by Gasteiger charge is -2.30. The molecule has 0 bridgehead atoms. The van der Waals surface area contributed by atoms with Gasteiger partial charge < -0.3 is 20.3 Å². The van der Waals surface area contributed by atoms with Crippen molar-refractivity contribution in [2.75, 3.05) is 13.2 Å². The number of carbonyl (C=O) groups excluding carboxylic acids is 1. The van der Waals surface area contributed by atoms with Crippen molar-refractivity contribution in [2.45, 2.75) is 57.9 Å². The van der Waals surface area contributed by atoms with Gasteiger partial charge in [-0.15, -0.1) is 0 Å². The molecule has 2 rings (SSSR count). The third-order valence-electron chi connectivity index (χ3n) is 4.08. The molecular weight excluding hydrogens is 284 g/mol. The summed E-state index contributed by atoms with van der Waals surface area (Å²) in [6.07, 6.45) is 4.64. The molecule has 0 spiro atoms. The summed E-state index contributed by atoms with van der Waals surface area (Å²) in [5.41, 5.74) is 0. The summed E-state index contributed by atoms with van der Waals surface area (Å²) in [4.78, 5) is 16.2. The Morgan fingerprint density at radius 2 is 2.18 bits per heavy atom. The first-order chi connectivity index (χ1) is 10.6. The van der Waals surface area contributed by atoms with Gasteiger partial charge in [-0.1, -0.05) is 31.8 Å². The topological polar surface area (TPSA) is 100 Å².